The Morgan fingerprint density at radius 3 is 2.16 bits per heavy atom. The second-order valence-corrected chi connectivity index (χ2v) is 5.23. The van der Waals surface area contributed by atoms with Gasteiger partial charge in [-0.2, -0.15) is 5.06 Å². The zero-order valence-corrected chi connectivity index (χ0v) is 10.7. The number of hydroxylamine groups is 2. The predicted octanol–water partition coefficient (Wildman–Crippen LogP) is 2.29. The van der Waals surface area contributed by atoms with E-state index in [1.54, 1.807) is 0 Å². The lowest BCUT2D eigenvalue weighted by atomic mass is 9.81. The molecule has 1 aromatic rings. The van der Waals surface area contributed by atoms with Crippen LogP contribution in [0.4, 0.5) is 0 Å². The van der Waals surface area contributed by atoms with Crippen molar-refractivity contribution in [2.24, 2.45) is 11.8 Å². The van der Waals surface area contributed by atoms with E-state index in [-0.39, 0.29) is 30.3 Å². The Balaban J connectivity index is 1.68. The lowest BCUT2D eigenvalue weighted by Gasteiger charge is -2.19. The van der Waals surface area contributed by atoms with Crippen LogP contribution in [0, 0.1) is 11.8 Å². The van der Waals surface area contributed by atoms with Crippen LogP contribution in [0.2, 0.25) is 0 Å². The number of hydrogen-bond donors (Lipinski definition) is 0. The number of benzene rings is 1. The third-order valence-electron chi connectivity index (χ3n) is 4.00. The van der Waals surface area contributed by atoms with Gasteiger partial charge in [-0.1, -0.05) is 43.2 Å². The third-order valence-corrected chi connectivity index (χ3v) is 4.00. The molecule has 1 saturated heterocycles. The predicted molar refractivity (Wildman–Crippen MR) is 68.5 cm³/mol. The summed E-state index contributed by atoms with van der Waals surface area (Å²) >= 11 is 0. The highest BCUT2D eigenvalue weighted by Gasteiger charge is 2.49. The summed E-state index contributed by atoms with van der Waals surface area (Å²) in [5.41, 5.74) is 0.956. The average molecular weight is 259 g/mol. The minimum atomic E-state index is -0.148. The molecule has 1 heterocycles. The van der Waals surface area contributed by atoms with Gasteiger partial charge in [0, 0.05) is 0 Å². The molecule has 0 aromatic heterocycles. The zero-order valence-electron chi connectivity index (χ0n) is 10.7. The van der Waals surface area contributed by atoms with Gasteiger partial charge in [0.2, 0.25) is 0 Å². The van der Waals surface area contributed by atoms with E-state index in [1.165, 1.54) is 0 Å². The Morgan fingerprint density at radius 2 is 1.58 bits per heavy atom. The summed E-state index contributed by atoms with van der Waals surface area (Å²) in [7, 11) is 0. The molecular weight excluding hydrogens is 242 g/mol. The second kappa shape index (κ2) is 5.13. The Morgan fingerprint density at radius 1 is 1.00 bits per heavy atom. The molecule has 4 nitrogen and oxygen atoms in total. The molecule has 3 rings (SSSR count). The standard InChI is InChI=1S/C15H17NO3/c17-14-12-8-4-5-9-13(12)15(18)16(14)19-10-11-6-2-1-3-7-11/h1-3,6-7,12-13H,4-5,8-10H2/t12-,13-/m1/s1. The normalized spacial score (nSPS) is 26.6. The van der Waals surface area contributed by atoms with Gasteiger partial charge in [-0.05, 0) is 18.4 Å². The monoisotopic (exact) mass is 259 g/mol. The minimum absolute atomic E-state index is 0.142. The molecule has 0 unspecified atom stereocenters. The molecule has 1 saturated carbocycles. The van der Waals surface area contributed by atoms with Gasteiger partial charge in [-0.15, -0.1) is 0 Å². The molecule has 2 amide bonds. The smallest absolute Gasteiger partial charge is 0.257 e. The Kier molecular flexibility index (Phi) is 3.34. The third kappa shape index (κ3) is 2.28. The summed E-state index contributed by atoms with van der Waals surface area (Å²) < 4.78 is 0. The maximum Gasteiger partial charge on any atom is 0.257 e. The second-order valence-electron chi connectivity index (χ2n) is 5.23. The molecular formula is C15H17NO3. The summed E-state index contributed by atoms with van der Waals surface area (Å²) in [6, 6.07) is 9.57. The minimum Gasteiger partial charge on any atom is -0.272 e. The van der Waals surface area contributed by atoms with Crippen molar-refractivity contribution in [2.45, 2.75) is 32.3 Å². The van der Waals surface area contributed by atoms with Crippen LogP contribution in [0.1, 0.15) is 31.2 Å². The highest BCUT2D eigenvalue weighted by molar-refractivity contribution is 6.04. The number of fused-ring (bicyclic) bond motifs is 1. The van der Waals surface area contributed by atoms with Crippen molar-refractivity contribution < 1.29 is 14.4 Å². The molecule has 4 heteroatoms. The lowest BCUT2D eigenvalue weighted by molar-refractivity contribution is -0.193. The van der Waals surface area contributed by atoms with Gasteiger partial charge in [0.05, 0.1) is 11.8 Å². The molecule has 1 aliphatic heterocycles. The van der Waals surface area contributed by atoms with E-state index >= 15 is 0 Å². The fraction of sp³-hybridized carbons (Fsp3) is 0.467. The zero-order chi connectivity index (χ0) is 13.2. The maximum absolute atomic E-state index is 12.2. The summed E-state index contributed by atoms with van der Waals surface area (Å²) in [6.07, 6.45) is 3.71. The number of carbonyl (C=O) groups is 2. The number of nitrogens with zero attached hydrogens (tertiary/aromatic N) is 1. The first-order valence-corrected chi connectivity index (χ1v) is 6.82. The van der Waals surface area contributed by atoms with Crippen molar-refractivity contribution >= 4 is 11.8 Å². The van der Waals surface area contributed by atoms with Gasteiger partial charge >= 0.3 is 0 Å². The molecule has 2 aliphatic rings. The van der Waals surface area contributed by atoms with E-state index in [1.807, 2.05) is 30.3 Å². The number of amides is 2. The van der Waals surface area contributed by atoms with Crippen molar-refractivity contribution in [1.82, 2.24) is 5.06 Å². The summed E-state index contributed by atoms with van der Waals surface area (Å²) in [4.78, 5) is 29.7. The topological polar surface area (TPSA) is 46.6 Å². The molecule has 0 spiro atoms. The number of rotatable bonds is 3. The van der Waals surface area contributed by atoms with Crippen LogP contribution in [0.15, 0.2) is 30.3 Å². The van der Waals surface area contributed by atoms with Crippen LogP contribution in [0.5, 0.6) is 0 Å². The van der Waals surface area contributed by atoms with Crippen LogP contribution < -0.4 is 0 Å². The molecule has 0 bridgehead atoms. The maximum atomic E-state index is 12.2. The largest absolute Gasteiger partial charge is 0.272 e. The quantitative estimate of drug-likeness (QED) is 0.782. The van der Waals surface area contributed by atoms with Crippen molar-refractivity contribution in [2.75, 3.05) is 0 Å². The van der Waals surface area contributed by atoms with Gasteiger partial charge in [0.15, 0.2) is 0 Å². The molecule has 1 aliphatic carbocycles. The molecule has 2 fully saturated rings. The van der Waals surface area contributed by atoms with E-state index in [0.717, 1.165) is 36.3 Å². The Labute approximate surface area is 112 Å². The van der Waals surface area contributed by atoms with Crippen LogP contribution in [-0.4, -0.2) is 16.9 Å². The number of imide groups is 1. The van der Waals surface area contributed by atoms with Crippen LogP contribution >= 0.6 is 0 Å². The van der Waals surface area contributed by atoms with Crippen molar-refractivity contribution in [3.05, 3.63) is 35.9 Å². The van der Waals surface area contributed by atoms with Gasteiger partial charge in [0.1, 0.15) is 6.61 Å². The van der Waals surface area contributed by atoms with Gasteiger partial charge in [-0.25, -0.2) is 0 Å². The van der Waals surface area contributed by atoms with Crippen molar-refractivity contribution in [3.8, 4) is 0 Å². The van der Waals surface area contributed by atoms with Crippen LogP contribution in [0.25, 0.3) is 0 Å². The molecule has 2 atom stereocenters. The number of hydrogen-bond acceptors (Lipinski definition) is 3. The van der Waals surface area contributed by atoms with Crippen LogP contribution in [-0.2, 0) is 21.0 Å². The highest BCUT2D eigenvalue weighted by atomic mass is 16.7. The molecule has 0 N–H and O–H groups in total. The van der Waals surface area contributed by atoms with Gasteiger partial charge in [-0.3, -0.25) is 14.4 Å². The van der Waals surface area contributed by atoms with Crippen molar-refractivity contribution in [3.63, 3.8) is 0 Å². The average Bonchev–Trinajstić information content (AvgIpc) is 2.71. The van der Waals surface area contributed by atoms with Crippen LogP contribution in [0.3, 0.4) is 0 Å². The van der Waals surface area contributed by atoms with Crippen molar-refractivity contribution in [1.29, 1.82) is 0 Å². The SMILES string of the molecule is O=C1[C@@H]2CCCC[C@H]2C(=O)N1OCc1ccccc1. The summed E-state index contributed by atoms with van der Waals surface area (Å²) in [5.74, 6) is -0.578. The first kappa shape index (κ1) is 12.4. The summed E-state index contributed by atoms with van der Waals surface area (Å²) in [5, 5.41) is 1.01. The Bertz CT molecular complexity index is 461. The molecule has 1 aromatic carbocycles. The fourth-order valence-electron chi connectivity index (χ4n) is 2.97. The number of carbonyl (C=O) groups excluding carboxylic acids is 2. The molecule has 100 valence electrons. The first-order chi connectivity index (χ1) is 9.27. The first-order valence-electron chi connectivity index (χ1n) is 6.82. The van der Waals surface area contributed by atoms with E-state index in [2.05, 4.69) is 0 Å². The van der Waals surface area contributed by atoms with E-state index < -0.39 is 0 Å². The fourth-order valence-corrected chi connectivity index (χ4v) is 2.97. The van der Waals surface area contributed by atoms with Gasteiger partial charge in [0.25, 0.3) is 11.8 Å². The van der Waals surface area contributed by atoms with Gasteiger partial charge < -0.3 is 0 Å². The van der Waals surface area contributed by atoms with E-state index in [0.29, 0.717) is 0 Å². The molecule has 19 heavy (non-hydrogen) atoms. The lowest BCUT2D eigenvalue weighted by Crippen LogP contribution is -2.31. The van der Waals surface area contributed by atoms with E-state index in [4.69, 9.17) is 4.84 Å². The molecule has 0 radical (unpaired) electrons. The van der Waals surface area contributed by atoms with E-state index in [9.17, 15) is 9.59 Å². The Hall–Kier alpha value is -1.68. The summed E-state index contributed by atoms with van der Waals surface area (Å²) in [6.45, 7) is 0.262. The highest BCUT2D eigenvalue weighted by Crippen LogP contribution is 2.38.